The number of nitriles is 1. The third-order valence-corrected chi connectivity index (χ3v) is 2.21. The molecule has 0 saturated heterocycles. The molecule has 0 fully saturated rings. The van der Waals surface area contributed by atoms with Gasteiger partial charge in [0.05, 0.1) is 5.56 Å². The standard InChI is InChI=1S/C15H13NO2/c1-2-3-4-5-8-12(11-16)15(18)13-9-6-7-10-14(13)17/h6-10,17H,2-3H2,1H3/b12-8+. The van der Waals surface area contributed by atoms with E-state index in [1.165, 1.54) is 18.2 Å². The minimum Gasteiger partial charge on any atom is -0.507 e. The van der Waals surface area contributed by atoms with Gasteiger partial charge in [-0.25, -0.2) is 0 Å². The Hall–Kier alpha value is -2.52. The summed E-state index contributed by atoms with van der Waals surface area (Å²) in [6.07, 6.45) is 2.95. The van der Waals surface area contributed by atoms with E-state index in [2.05, 4.69) is 11.8 Å². The van der Waals surface area contributed by atoms with Crippen molar-refractivity contribution in [2.45, 2.75) is 19.8 Å². The van der Waals surface area contributed by atoms with E-state index in [0.717, 1.165) is 12.8 Å². The quantitative estimate of drug-likeness (QED) is 0.382. The van der Waals surface area contributed by atoms with Crippen molar-refractivity contribution in [2.24, 2.45) is 0 Å². The van der Waals surface area contributed by atoms with E-state index in [0.29, 0.717) is 0 Å². The maximum Gasteiger partial charge on any atom is 0.207 e. The van der Waals surface area contributed by atoms with E-state index in [4.69, 9.17) is 5.26 Å². The van der Waals surface area contributed by atoms with Crippen LogP contribution in [-0.4, -0.2) is 10.9 Å². The second kappa shape index (κ2) is 6.93. The number of allylic oxidation sites excluding steroid dienone is 2. The third-order valence-electron chi connectivity index (χ3n) is 2.21. The number of carbonyl (C=O) groups is 1. The van der Waals surface area contributed by atoms with Gasteiger partial charge in [0.15, 0.2) is 0 Å². The van der Waals surface area contributed by atoms with Crippen molar-refractivity contribution in [1.82, 2.24) is 0 Å². The van der Waals surface area contributed by atoms with Crippen molar-refractivity contribution in [3.8, 4) is 23.7 Å². The van der Waals surface area contributed by atoms with Crippen LogP contribution in [-0.2, 0) is 0 Å². The number of carbonyl (C=O) groups excluding carboxylic acids is 1. The third kappa shape index (κ3) is 3.50. The van der Waals surface area contributed by atoms with Gasteiger partial charge in [-0.15, -0.1) is 0 Å². The van der Waals surface area contributed by atoms with E-state index >= 15 is 0 Å². The van der Waals surface area contributed by atoms with Crippen molar-refractivity contribution < 1.29 is 9.90 Å². The molecule has 18 heavy (non-hydrogen) atoms. The fourth-order valence-corrected chi connectivity index (χ4v) is 1.28. The molecule has 0 amide bonds. The maximum atomic E-state index is 11.9. The molecule has 0 bridgehead atoms. The first-order chi connectivity index (χ1) is 8.70. The monoisotopic (exact) mass is 239 g/mol. The molecule has 1 rings (SSSR count). The Kier molecular flexibility index (Phi) is 5.22. The molecule has 0 spiro atoms. The first kappa shape index (κ1) is 13.5. The smallest absolute Gasteiger partial charge is 0.207 e. The predicted octanol–water partition coefficient (Wildman–Crippen LogP) is 2.83. The van der Waals surface area contributed by atoms with Crippen LogP contribution in [0.25, 0.3) is 0 Å². The molecule has 90 valence electrons. The van der Waals surface area contributed by atoms with Crippen molar-refractivity contribution in [3.05, 3.63) is 41.5 Å². The molecule has 0 aliphatic carbocycles. The van der Waals surface area contributed by atoms with Crippen LogP contribution in [0, 0.1) is 23.2 Å². The van der Waals surface area contributed by atoms with Gasteiger partial charge in [0.25, 0.3) is 0 Å². The first-order valence-corrected chi connectivity index (χ1v) is 5.62. The predicted molar refractivity (Wildman–Crippen MR) is 68.8 cm³/mol. The molecule has 0 aliphatic heterocycles. The van der Waals surface area contributed by atoms with E-state index < -0.39 is 5.78 Å². The van der Waals surface area contributed by atoms with Crippen LogP contribution in [0.5, 0.6) is 5.75 Å². The van der Waals surface area contributed by atoms with Gasteiger partial charge in [-0.05, 0) is 18.6 Å². The van der Waals surface area contributed by atoms with Gasteiger partial charge < -0.3 is 5.11 Å². The van der Waals surface area contributed by atoms with Gasteiger partial charge in [0.2, 0.25) is 5.78 Å². The summed E-state index contributed by atoms with van der Waals surface area (Å²) in [6, 6.07) is 7.93. The average molecular weight is 239 g/mol. The Balaban J connectivity index is 2.99. The molecular formula is C15H13NO2. The lowest BCUT2D eigenvalue weighted by atomic mass is 10.0. The van der Waals surface area contributed by atoms with Gasteiger partial charge in [-0.3, -0.25) is 4.79 Å². The molecule has 1 aromatic carbocycles. The van der Waals surface area contributed by atoms with Crippen molar-refractivity contribution in [2.75, 3.05) is 0 Å². The zero-order chi connectivity index (χ0) is 13.4. The number of phenolic OH excluding ortho intramolecular Hbond substituents is 1. The van der Waals surface area contributed by atoms with Gasteiger partial charge in [0, 0.05) is 12.5 Å². The fraction of sp³-hybridized carbons (Fsp3) is 0.200. The van der Waals surface area contributed by atoms with Crippen LogP contribution < -0.4 is 0 Å². The lowest BCUT2D eigenvalue weighted by molar-refractivity contribution is 0.103. The normalized spacial score (nSPS) is 10.1. The largest absolute Gasteiger partial charge is 0.507 e. The highest BCUT2D eigenvalue weighted by atomic mass is 16.3. The minimum absolute atomic E-state index is 0.0693. The highest BCUT2D eigenvalue weighted by Crippen LogP contribution is 2.19. The highest BCUT2D eigenvalue weighted by Gasteiger charge is 2.14. The molecule has 1 N–H and O–H groups in total. The molecule has 0 aromatic heterocycles. The van der Waals surface area contributed by atoms with Crippen molar-refractivity contribution in [1.29, 1.82) is 5.26 Å². The van der Waals surface area contributed by atoms with Crippen LogP contribution in [0.4, 0.5) is 0 Å². The molecule has 0 unspecified atom stereocenters. The molecule has 3 heteroatoms. The number of unbranched alkanes of at least 4 members (excludes halogenated alkanes) is 1. The Bertz CT molecular complexity index is 568. The van der Waals surface area contributed by atoms with E-state index in [-0.39, 0.29) is 16.9 Å². The number of ketones is 1. The minimum atomic E-state index is -0.513. The number of rotatable bonds is 3. The van der Waals surface area contributed by atoms with E-state index in [1.807, 2.05) is 6.92 Å². The molecule has 0 aliphatic rings. The van der Waals surface area contributed by atoms with Gasteiger partial charge in [0.1, 0.15) is 17.4 Å². The van der Waals surface area contributed by atoms with Gasteiger partial charge in [-0.2, -0.15) is 5.26 Å². The fourth-order valence-electron chi connectivity index (χ4n) is 1.28. The highest BCUT2D eigenvalue weighted by molar-refractivity contribution is 6.13. The summed E-state index contributed by atoms with van der Waals surface area (Å²) >= 11 is 0. The summed E-state index contributed by atoms with van der Waals surface area (Å²) in [7, 11) is 0. The summed E-state index contributed by atoms with van der Waals surface area (Å²) < 4.78 is 0. The van der Waals surface area contributed by atoms with E-state index in [1.54, 1.807) is 18.2 Å². The Morgan fingerprint density at radius 1 is 1.44 bits per heavy atom. The molecular weight excluding hydrogens is 226 g/mol. The van der Waals surface area contributed by atoms with Crippen LogP contribution in [0.3, 0.4) is 0 Å². The number of benzene rings is 1. The van der Waals surface area contributed by atoms with Crippen LogP contribution in [0.1, 0.15) is 30.1 Å². The maximum absolute atomic E-state index is 11.9. The topological polar surface area (TPSA) is 61.1 Å². The summed E-state index contributed by atoms with van der Waals surface area (Å²) in [5, 5.41) is 18.5. The molecule has 0 atom stereocenters. The zero-order valence-corrected chi connectivity index (χ0v) is 10.1. The summed E-state index contributed by atoms with van der Waals surface area (Å²) in [4.78, 5) is 11.9. The molecule has 0 saturated carbocycles. The first-order valence-electron chi connectivity index (χ1n) is 5.62. The van der Waals surface area contributed by atoms with Crippen LogP contribution in [0.2, 0.25) is 0 Å². The molecule has 3 nitrogen and oxygen atoms in total. The van der Waals surface area contributed by atoms with E-state index in [9.17, 15) is 9.90 Å². The number of Topliss-reactive ketones (excluding diaryl/α,β-unsaturated/α-hetero) is 1. The number of aromatic hydroxyl groups is 1. The van der Waals surface area contributed by atoms with Gasteiger partial charge in [-0.1, -0.05) is 30.9 Å². The molecule has 0 radical (unpaired) electrons. The molecule has 0 heterocycles. The number of para-hydroxylation sites is 1. The summed E-state index contributed by atoms with van der Waals surface area (Å²) in [5.41, 5.74) is 0.0442. The summed E-state index contributed by atoms with van der Waals surface area (Å²) in [6.45, 7) is 2.00. The zero-order valence-electron chi connectivity index (χ0n) is 10.1. The average Bonchev–Trinajstić information content (AvgIpc) is 2.39. The van der Waals surface area contributed by atoms with Crippen LogP contribution in [0.15, 0.2) is 35.9 Å². The summed E-state index contributed by atoms with van der Waals surface area (Å²) in [5.74, 6) is 4.85. The lowest BCUT2D eigenvalue weighted by Gasteiger charge is -2.00. The molecule has 1 aromatic rings. The second-order valence-electron chi connectivity index (χ2n) is 3.59. The Labute approximate surface area is 106 Å². The van der Waals surface area contributed by atoms with Crippen molar-refractivity contribution >= 4 is 5.78 Å². The number of hydrogen-bond acceptors (Lipinski definition) is 3. The number of nitrogens with zero attached hydrogens (tertiary/aromatic N) is 1. The number of phenols is 1. The lowest BCUT2D eigenvalue weighted by Crippen LogP contribution is -2.01. The number of hydrogen-bond donors (Lipinski definition) is 1. The Morgan fingerprint density at radius 2 is 2.17 bits per heavy atom. The SMILES string of the molecule is CCCC#C/C=C(\C#N)C(=O)c1ccccc1O. The van der Waals surface area contributed by atoms with Crippen LogP contribution >= 0.6 is 0 Å². The Morgan fingerprint density at radius 3 is 2.78 bits per heavy atom. The van der Waals surface area contributed by atoms with Crippen molar-refractivity contribution in [3.63, 3.8) is 0 Å². The second-order valence-corrected chi connectivity index (χ2v) is 3.59. The van der Waals surface area contributed by atoms with Gasteiger partial charge >= 0.3 is 0 Å².